The lowest BCUT2D eigenvalue weighted by Crippen LogP contribution is -2.59. The third kappa shape index (κ3) is 2.73. The quantitative estimate of drug-likeness (QED) is 0.259. The van der Waals surface area contributed by atoms with Crippen molar-refractivity contribution in [3.63, 3.8) is 0 Å². The fraction of sp³-hybridized carbons (Fsp3) is 1.00. The molecule has 0 heterocycles. The van der Waals surface area contributed by atoms with E-state index >= 15 is 0 Å². The minimum atomic E-state index is -0.580. The van der Waals surface area contributed by atoms with Crippen LogP contribution >= 0.6 is 0 Å². The molecule has 5 heteroatoms. The predicted molar refractivity (Wildman–Crippen MR) is 37.2 cm³/mol. The van der Waals surface area contributed by atoms with Gasteiger partial charge in [-0.3, -0.25) is 0 Å². The fourth-order valence-corrected chi connectivity index (χ4v) is 0.443. The van der Waals surface area contributed by atoms with E-state index in [1.807, 2.05) is 0 Å². The molecule has 0 aromatic rings. The highest BCUT2D eigenvalue weighted by atomic mass is 15.0. The average molecular weight is 133 g/mol. The van der Waals surface area contributed by atoms with Gasteiger partial charge in [-0.25, -0.2) is 0 Å². The summed E-state index contributed by atoms with van der Waals surface area (Å²) in [5.74, 6) is 0. The molecule has 0 rings (SSSR count). The van der Waals surface area contributed by atoms with Gasteiger partial charge in [0.1, 0.15) is 0 Å². The maximum Gasteiger partial charge on any atom is 0.0693 e. The summed E-state index contributed by atoms with van der Waals surface area (Å²) in [6.45, 7) is 0.312. The monoisotopic (exact) mass is 133 g/mol. The van der Waals surface area contributed by atoms with Gasteiger partial charge in [-0.15, -0.1) is 0 Å². The van der Waals surface area contributed by atoms with Crippen molar-refractivity contribution >= 4 is 0 Å². The maximum atomic E-state index is 5.42. The van der Waals surface area contributed by atoms with Crippen LogP contribution in [-0.2, 0) is 0 Å². The molecule has 0 saturated heterocycles. The van der Waals surface area contributed by atoms with E-state index in [2.05, 4.69) is 0 Å². The van der Waals surface area contributed by atoms with Crippen LogP contribution in [0.15, 0.2) is 0 Å². The third-order valence-corrected chi connectivity index (χ3v) is 1.21. The normalized spacial score (nSPS) is 18.0. The first-order valence-electron chi connectivity index (χ1n) is 2.82. The van der Waals surface area contributed by atoms with Gasteiger partial charge < -0.3 is 28.7 Å². The van der Waals surface area contributed by atoms with Crippen LogP contribution in [0.4, 0.5) is 0 Å². The molecular formula is C4H15N5. The van der Waals surface area contributed by atoms with Crippen molar-refractivity contribution in [1.82, 2.24) is 0 Å². The summed E-state index contributed by atoms with van der Waals surface area (Å²) in [5, 5.41) is 0. The topological polar surface area (TPSA) is 130 Å². The first-order valence-corrected chi connectivity index (χ1v) is 2.82. The third-order valence-electron chi connectivity index (χ3n) is 1.21. The van der Waals surface area contributed by atoms with Gasteiger partial charge in [0, 0.05) is 18.6 Å². The Morgan fingerprint density at radius 3 is 1.56 bits per heavy atom. The molecule has 0 radical (unpaired) electrons. The summed E-state index contributed by atoms with van der Waals surface area (Å²) in [7, 11) is 0. The van der Waals surface area contributed by atoms with Crippen molar-refractivity contribution in [2.24, 2.45) is 28.7 Å². The van der Waals surface area contributed by atoms with E-state index in [0.717, 1.165) is 0 Å². The molecule has 10 N–H and O–H groups in total. The van der Waals surface area contributed by atoms with Crippen LogP contribution in [0, 0.1) is 0 Å². The van der Waals surface area contributed by atoms with E-state index in [1.54, 1.807) is 0 Å². The van der Waals surface area contributed by atoms with Crippen molar-refractivity contribution in [2.75, 3.05) is 6.54 Å². The first kappa shape index (κ1) is 8.80. The predicted octanol–water partition coefficient (Wildman–Crippen LogP) is -3.16. The number of hydrogen-bond acceptors (Lipinski definition) is 5. The zero-order valence-electron chi connectivity index (χ0n) is 5.33. The van der Waals surface area contributed by atoms with E-state index < -0.39 is 12.2 Å². The van der Waals surface area contributed by atoms with E-state index in [0.29, 0.717) is 6.54 Å². The zero-order valence-corrected chi connectivity index (χ0v) is 5.33. The van der Waals surface area contributed by atoms with Gasteiger partial charge in [-0.1, -0.05) is 0 Å². The van der Waals surface area contributed by atoms with Crippen LogP contribution < -0.4 is 28.7 Å². The Bertz CT molecular complexity index is 73.4. The average Bonchev–Trinajstić information content (AvgIpc) is 1.84. The second-order valence-electron chi connectivity index (χ2n) is 2.05. The molecule has 0 spiro atoms. The Morgan fingerprint density at radius 1 is 1.00 bits per heavy atom. The van der Waals surface area contributed by atoms with Gasteiger partial charge in [0.2, 0.25) is 0 Å². The highest BCUT2D eigenvalue weighted by Crippen LogP contribution is 1.83. The Morgan fingerprint density at radius 2 is 1.44 bits per heavy atom. The standard InChI is InChI=1S/C4H15N5/c5-1-2(6)3(7)4(8)9/h2-4H,1,5-9H2. The summed E-state index contributed by atoms with van der Waals surface area (Å²) in [5.41, 5.74) is 26.5. The molecule has 5 nitrogen and oxygen atoms in total. The molecule has 0 aliphatic carbocycles. The van der Waals surface area contributed by atoms with Gasteiger partial charge in [0.05, 0.1) is 6.17 Å². The van der Waals surface area contributed by atoms with E-state index in [9.17, 15) is 0 Å². The fourth-order valence-electron chi connectivity index (χ4n) is 0.443. The van der Waals surface area contributed by atoms with E-state index in [1.165, 1.54) is 0 Å². The highest BCUT2D eigenvalue weighted by Gasteiger charge is 2.15. The molecule has 0 bridgehead atoms. The molecule has 2 unspecified atom stereocenters. The summed E-state index contributed by atoms with van der Waals surface area (Å²) >= 11 is 0. The first-order chi connectivity index (χ1) is 4.09. The van der Waals surface area contributed by atoms with Gasteiger partial charge in [-0.2, -0.15) is 0 Å². The van der Waals surface area contributed by atoms with Crippen LogP contribution in [-0.4, -0.2) is 24.8 Å². The molecular weight excluding hydrogens is 118 g/mol. The Labute approximate surface area is 54.5 Å². The second-order valence-corrected chi connectivity index (χ2v) is 2.05. The smallest absolute Gasteiger partial charge is 0.0693 e. The SMILES string of the molecule is NCC(N)C(N)C(N)N. The molecule has 9 heavy (non-hydrogen) atoms. The minimum absolute atomic E-state index is 0.301. The Kier molecular flexibility index (Phi) is 3.67. The van der Waals surface area contributed by atoms with Crippen LogP contribution in [0.5, 0.6) is 0 Å². The molecule has 0 fully saturated rings. The van der Waals surface area contributed by atoms with Crippen molar-refractivity contribution in [1.29, 1.82) is 0 Å². The van der Waals surface area contributed by atoms with Crippen molar-refractivity contribution in [2.45, 2.75) is 18.2 Å². The van der Waals surface area contributed by atoms with Gasteiger partial charge in [0.25, 0.3) is 0 Å². The molecule has 56 valence electrons. The van der Waals surface area contributed by atoms with Crippen molar-refractivity contribution < 1.29 is 0 Å². The number of rotatable bonds is 3. The molecule has 0 aliphatic rings. The molecule has 0 aliphatic heterocycles. The molecule has 0 saturated carbocycles. The summed E-state index contributed by atoms with van der Waals surface area (Å²) in [6.07, 6.45) is -0.580. The largest absolute Gasteiger partial charge is 0.329 e. The molecule has 2 atom stereocenters. The van der Waals surface area contributed by atoms with Crippen LogP contribution in [0.1, 0.15) is 0 Å². The van der Waals surface area contributed by atoms with E-state index in [-0.39, 0.29) is 6.04 Å². The summed E-state index contributed by atoms with van der Waals surface area (Å²) in [6, 6.07) is -0.708. The van der Waals surface area contributed by atoms with Gasteiger partial charge in [-0.05, 0) is 0 Å². The molecule has 0 amide bonds. The van der Waals surface area contributed by atoms with Crippen LogP contribution in [0.3, 0.4) is 0 Å². The van der Waals surface area contributed by atoms with Crippen molar-refractivity contribution in [3.8, 4) is 0 Å². The second kappa shape index (κ2) is 3.76. The van der Waals surface area contributed by atoms with Gasteiger partial charge >= 0.3 is 0 Å². The highest BCUT2D eigenvalue weighted by molar-refractivity contribution is 4.82. The zero-order chi connectivity index (χ0) is 7.44. The summed E-state index contributed by atoms with van der Waals surface area (Å²) < 4.78 is 0. The lowest BCUT2D eigenvalue weighted by Gasteiger charge is -2.20. The molecule has 0 aromatic heterocycles. The van der Waals surface area contributed by atoms with Crippen molar-refractivity contribution in [3.05, 3.63) is 0 Å². The Hall–Kier alpha value is -0.200. The summed E-state index contributed by atoms with van der Waals surface area (Å²) in [4.78, 5) is 0. The minimum Gasteiger partial charge on any atom is -0.329 e. The maximum absolute atomic E-state index is 5.42. The number of hydrogen-bond donors (Lipinski definition) is 5. The Balaban J connectivity index is 3.58. The van der Waals surface area contributed by atoms with Crippen LogP contribution in [0.25, 0.3) is 0 Å². The number of nitrogens with two attached hydrogens (primary N) is 5. The van der Waals surface area contributed by atoms with E-state index in [4.69, 9.17) is 28.7 Å². The van der Waals surface area contributed by atoms with Crippen LogP contribution in [0.2, 0.25) is 0 Å². The molecule has 0 aromatic carbocycles. The lowest BCUT2D eigenvalue weighted by atomic mass is 10.1. The lowest BCUT2D eigenvalue weighted by molar-refractivity contribution is 0.455. The van der Waals surface area contributed by atoms with Gasteiger partial charge in [0.15, 0.2) is 0 Å².